The summed E-state index contributed by atoms with van der Waals surface area (Å²) in [4.78, 5) is 13.3. The molecule has 0 saturated heterocycles. The van der Waals surface area contributed by atoms with Crippen LogP contribution in [0.5, 0.6) is 0 Å². The highest BCUT2D eigenvalue weighted by atomic mass is 16.1. The number of rotatable bonds is 3. The van der Waals surface area contributed by atoms with Gasteiger partial charge in [0.1, 0.15) is 0 Å². The summed E-state index contributed by atoms with van der Waals surface area (Å²) in [7, 11) is 5.63. The standard InChI is InChI=1S/C10H14N2O/c1-11(2)8-6-10(13)9-5-4-7-12(9)3/h4-8H,1-3H3/b8-6+. The van der Waals surface area contributed by atoms with Crippen LogP contribution in [0.1, 0.15) is 10.5 Å². The topological polar surface area (TPSA) is 25.2 Å². The molecule has 3 nitrogen and oxygen atoms in total. The molecule has 0 aliphatic carbocycles. The van der Waals surface area contributed by atoms with Gasteiger partial charge >= 0.3 is 0 Å². The maximum Gasteiger partial charge on any atom is 0.203 e. The van der Waals surface area contributed by atoms with Gasteiger partial charge in [-0.25, -0.2) is 0 Å². The average Bonchev–Trinajstić information content (AvgIpc) is 2.47. The van der Waals surface area contributed by atoms with Crippen LogP contribution in [0.2, 0.25) is 0 Å². The maximum absolute atomic E-state index is 11.5. The third-order valence-corrected chi connectivity index (χ3v) is 1.72. The van der Waals surface area contributed by atoms with Gasteiger partial charge in [-0.3, -0.25) is 4.79 Å². The number of ketones is 1. The summed E-state index contributed by atoms with van der Waals surface area (Å²) < 4.78 is 1.81. The molecule has 1 rings (SSSR count). The van der Waals surface area contributed by atoms with Gasteiger partial charge in [-0.15, -0.1) is 0 Å². The number of hydrogen-bond donors (Lipinski definition) is 0. The smallest absolute Gasteiger partial charge is 0.203 e. The van der Waals surface area contributed by atoms with Gasteiger partial charge < -0.3 is 9.47 Å². The molecule has 3 heteroatoms. The van der Waals surface area contributed by atoms with Gasteiger partial charge in [0.25, 0.3) is 0 Å². The molecule has 1 aromatic rings. The maximum atomic E-state index is 11.5. The number of aryl methyl sites for hydroxylation is 1. The molecule has 0 radical (unpaired) electrons. The van der Waals surface area contributed by atoms with E-state index < -0.39 is 0 Å². The van der Waals surface area contributed by atoms with Crippen LogP contribution in [0.15, 0.2) is 30.6 Å². The summed E-state index contributed by atoms with van der Waals surface area (Å²) in [6.45, 7) is 0. The number of aromatic nitrogens is 1. The zero-order valence-corrected chi connectivity index (χ0v) is 8.19. The van der Waals surface area contributed by atoms with Crippen LogP contribution in [0.4, 0.5) is 0 Å². The Labute approximate surface area is 78.3 Å². The van der Waals surface area contributed by atoms with Crippen molar-refractivity contribution in [3.63, 3.8) is 0 Å². The number of hydrogen-bond acceptors (Lipinski definition) is 2. The highest BCUT2D eigenvalue weighted by Gasteiger charge is 2.03. The first-order valence-corrected chi connectivity index (χ1v) is 4.11. The first-order chi connectivity index (χ1) is 6.11. The molecule has 13 heavy (non-hydrogen) atoms. The van der Waals surface area contributed by atoms with Crippen molar-refractivity contribution in [1.29, 1.82) is 0 Å². The third-order valence-electron chi connectivity index (χ3n) is 1.72. The minimum atomic E-state index is 0.0289. The van der Waals surface area contributed by atoms with E-state index in [9.17, 15) is 4.79 Å². The zero-order valence-electron chi connectivity index (χ0n) is 8.19. The Balaban J connectivity index is 2.75. The molecule has 0 bridgehead atoms. The Morgan fingerprint density at radius 1 is 1.54 bits per heavy atom. The lowest BCUT2D eigenvalue weighted by Crippen LogP contribution is -2.05. The minimum Gasteiger partial charge on any atom is -0.383 e. The molecule has 0 atom stereocenters. The quantitative estimate of drug-likeness (QED) is 0.514. The molecule has 1 aromatic heterocycles. The molecule has 0 amide bonds. The van der Waals surface area contributed by atoms with Crippen molar-refractivity contribution >= 4 is 5.78 Å². The molecule has 70 valence electrons. The second kappa shape index (κ2) is 3.94. The Morgan fingerprint density at radius 3 is 2.69 bits per heavy atom. The molecule has 0 fully saturated rings. The second-order valence-corrected chi connectivity index (χ2v) is 3.15. The van der Waals surface area contributed by atoms with Crippen molar-refractivity contribution in [3.05, 3.63) is 36.3 Å². The van der Waals surface area contributed by atoms with Crippen LogP contribution in [0, 0.1) is 0 Å². The SMILES string of the molecule is CN(C)/C=C/C(=O)c1cccn1C. The molecule has 0 spiro atoms. The lowest BCUT2D eigenvalue weighted by Gasteiger charge is -2.03. The van der Waals surface area contributed by atoms with Gasteiger partial charge in [0.15, 0.2) is 0 Å². The monoisotopic (exact) mass is 178 g/mol. The molecule has 0 aliphatic heterocycles. The predicted octanol–water partition coefficient (Wildman–Crippen LogP) is 1.28. The van der Waals surface area contributed by atoms with E-state index in [0.717, 1.165) is 0 Å². The fourth-order valence-corrected chi connectivity index (χ4v) is 1.02. The van der Waals surface area contributed by atoms with Crippen LogP contribution in [-0.2, 0) is 7.05 Å². The van der Waals surface area contributed by atoms with Gasteiger partial charge in [0, 0.05) is 39.6 Å². The molecular formula is C10H14N2O. The van der Waals surface area contributed by atoms with Crippen LogP contribution in [0.3, 0.4) is 0 Å². The van der Waals surface area contributed by atoms with E-state index in [1.165, 1.54) is 0 Å². The van der Waals surface area contributed by atoms with Crippen LogP contribution >= 0.6 is 0 Å². The van der Waals surface area contributed by atoms with E-state index in [4.69, 9.17) is 0 Å². The average molecular weight is 178 g/mol. The highest BCUT2D eigenvalue weighted by molar-refractivity contribution is 6.03. The normalized spacial score (nSPS) is 10.7. The molecule has 0 unspecified atom stereocenters. The predicted molar refractivity (Wildman–Crippen MR) is 52.6 cm³/mol. The summed E-state index contributed by atoms with van der Waals surface area (Å²) in [6, 6.07) is 3.67. The van der Waals surface area contributed by atoms with E-state index in [1.807, 2.05) is 48.9 Å². The Bertz CT molecular complexity index is 323. The van der Waals surface area contributed by atoms with Crippen molar-refractivity contribution in [2.24, 2.45) is 7.05 Å². The van der Waals surface area contributed by atoms with E-state index in [-0.39, 0.29) is 5.78 Å². The van der Waals surface area contributed by atoms with Crippen LogP contribution < -0.4 is 0 Å². The summed E-state index contributed by atoms with van der Waals surface area (Å²) in [5.41, 5.74) is 0.707. The highest BCUT2D eigenvalue weighted by Crippen LogP contribution is 2.01. The van der Waals surface area contributed by atoms with Gasteiger partial charge in [0.2, 0.25) is 5.78 Å². The zero-order chi connectivity index (χ0) is 9.84. The number of carbonyl (C=O) groups excluding carboxylic acids is 1. The van der Waals surface area contributed by atoms with Crippen molar-refractivity contribution in [1.82, 2.24) is 9.47 Å². The van der Waals surface area contributed by atoms with E-state index in [0.29, 0.717) is 5.69 Å². The minimum absolute atomic E-state index is 0.0289. The van der Waals surface area contributed by atoms with Crippen molar-refractivity contribution < 1.29 is 4.79 Å². The first kappa shape index (κ1) is 9.58. The Morgan fingerprint density at radius 2 is 2.23 bits per heavy atom. The Hall–Kier alpha value is -1.51. The number of carbonyl (C=O) groups is 1. The van der Waals surface area contributed by atoms with Gasteiger partial charge in [-0.1, -0.05) is 0 Å². The fraction of sp³-hybridized carbons (Fsp3) is 0.300. The fourth-order valence-electron chi connectivity index (χ4n) is 1.02. The molecule has 0 aliphatic rings. The van der Waals surface area contributed by atoms with Crippen molar-refractivity contribution in [3.8, 4) is 0 Å². The summed E-state index contributed by atoms with van der Waals surface area (Å²) in [5.74, 6) is 0.0289. The Kier molecular flexibility index (Phi) is 2.90. The lowest BCUT2D eigenvalue weighted by molar-refractivity contribution is 0.103. The molecule has 0 saturated carbocycles. The summed E-state index contributed by atoms with van der Waals surface area (Å²) in [5, 5.41) is 0. The molecule has 1 heterocycles. The lowest BCUT2D eigenvalue weighted by atomic mass is 10.3. The van der Waals surface area contributed by atoms with Crippen LogP contribution in [0.25, 0.3) is 0 Å². The largest absolute Gasteiger partial charge is 0.383 e. The summed E-state index contributed by atoms with van der Waals surface area (Å²) in [6.07, 6.45) is 5.17. The van der Waals surface area contributed by atoms with E-state index in [1.54, 1.807) is 12.3 Å². The van der Waals surface area contributed by atoms with Crippen LogP contribution in [-0.4, -0.2) is 29.3 Å². The van der Waals surface area contributed by atoms with E-state index in [2.05, 4.69) is 0 Å². The first-order valence-electron chi connectivity index (χ1n) is 4.11. The number of allylic oxidation sites excluding steroid dienone is 1. The van der Waals surface area contributed by atoms with Gasteiger partial charge in [0.05, 0.1) is 5.69 Å². The molecule has 0 aromatic carbocycles. The third kappa shape index (κ3) is 2.47. The number of nitrogens with zero attached hydrogens (tertiary/aromatic N) is 2. The molecule has 0 N–H and O–H groups in total. The van der Waals surface area contributed by atoms with Crippen molar-refractivity contribution in [2.75, 3.05) is 14.1 Å². The van der Waals surface area contributed by atoms with Crippen molar-refractivity contribution in [2.45, 2.75) is 0 Å². The van der Waals surface area contributed by atoms with Gasteiger partial charge in [-0.05, 0) is 12.1 Å². The van der Waals surface area contributed by atoms with E-state index >= 15 is 0 Å². The molecular weight excluding hydrogens is 164 g/mol. The summed E-state index contributed by atoms with van der Waals surface area (Å²) >= 11 is 0. The second-order valence-electron chi connectivity index (χ2n) is 3.15. The van der Waals surface area contributed by atoms with Gasteiger partial charge in [-0.2, -0.15) is 0 Å².